The Morgan fingerprint density at radius 2 is 2.10 bits per heavy atom. The van der Waals surface area contributed by atoms with Crippen LogP contribution < -0.4 is 0 Å². The fourth-order valence-electron chi connectivity index (χ4n) is 3.39. The van der Waals surface area contributed by atoms with Crippen LogP contribution >= 0.6 is 0 Å². The molecule has 1 unspecified atom stereocenters. The molecule has 0 saturated carbocycles. The molecule has 1 aromatic carbocycles. The van der Waals surface area contributed by atoms with Crippen molar-refractivity contribution in [3.8, 4) is 5.75 Å². The largest absolute Gasteiger partial charge is 0.508 e. The molecule has 0 spiro atoms. The minimum Gasteiger partial charge on any atom is -0.508 e. The number of hydrogen-bond donors (Lipinski definition) is 1. The van der Waals surface area contributed by atoms with Crippen molar-refractivity contribution in [2.45, 2.75) is 31.7 Å². The van der Waals surface area contributed by atoms with E-state index in [0.717, 1.165) is 31.6 Å². The van der Waals surface area contributed by atoms with Gasteiger partial charge in [0, 0.05) is 25.7 Å². The molecule has 0 radical (unpaired) electrons. The van der Waals surface area contributed by atoms with Crippen molar-refractivity contribution in [2.24, 2.45) is 0 Å². The lowest BCUT2D eigenvalue weighted by molar-refractivity contribution is -0.130. The van der Waals surface area contributed by atoms with Gasteiger partial charge in [-0.2, -0.15) is 0 Å². The lowest BCUT2D eigenvalue weighted by Gasteiger charge is -2.25. The third-order valence-electron chi connectivity index (χ3n) is 4.42. The molecule has 2 aliphatic heterocycles. The number of amides is 1. The lowest BCUT2D eigenvalue weighted by Crippen LogP contribution is -2.40. The monoisotopic (exact) mass is 274 g/mol. The molecule has 1 amide bonds. The van der Waals surface area contributed by atoms with E-state index < -0.39 is 0 Å². The summed E-state index contributed by atoms with van der Waals surface area (Å²) in [6.45, 7) is 4.06. The zero-order chi connectivity index (χ0) is 13.9. The highest BCUT2D eigenvalue weighted by atomic mass is 16.3. The summed E-state index contributed by atoms with van der Waals surface area (Å²) in [7, 11) is 0. The zero-order valence-corrected chi connectivity index (χ0v) is 11.8. The van der Waals surface area contributed by atoms with E-state index in [4.69, 9.17) is 0 Å². The summed E-state index contributed by atoms with van der Waals surface area (Å²) in [4.78, 5) is 17.0. The van der Waals surface area contributed by atoms with Gasteiger partial charge in [-0.25, -0.2) is 0 Å². The Labute approximate surface area is 120 Å². The molecule has 4 nitrogen and oxygen atoms in total. The van der Waals surface area contributed by atoms with Gasteiger partial charge in [-0.05, 0) is 43.5 Å². The van der Waals surface area contributed by atoms with Gasteiger partial charge in [-0.3, -0.25) is 9.69 Å². The molecule has 0 aromatic heterocycles. The minimum absolute atomic E-state index is 0.185. The second-order valence-electron chi connectivity index (χ2n) is 5.87. The summed E-state index contributed by atoms with van der Waals surface area (Å²) in [6.07, 6.45) is 3.94. The SMILES string of the molecule is O=C(Cc1cccc(O)c1)N1CCCN2CCCC2C1. The minimum atomic E-state index is 0.185. The molecule has 2 fully saturated rings. The number of hydrogen-bond acceptors (Lipinski definition) is 3. The van der Waals surface area contributed by atoms with Crippen molar-refractivity contribution in [3.63, 3.8) is 0 Å². The highest BCUT2D eigenvalue weighted by Gasteiger charge is 2.30. The fraction of sp³-hybridized carbons (Fsp3) is 0.562. The van der Waals surface area contributed by atoms with Gasteiger partial charge < -0.3 is 10.0 Å². The van der Waals surface area contributed by atoms with Crippen LogP contribution in [-0.4, -0.2) is 53.0 Å². The molecule has 3 rings (SSSR count). The molecule has 1 N–H and O–H groups in total. The van der Waals surface area contributed by atoms with Gasteiger partial charge in [0.1, 0.15) is 5.75 Å². The van der Waals surface area contributed by atoms with E-state index >= 15 is 0 Å². The van der Waals surface area contributed by atoms with Crippen LogP contribution in [0.1, 0.15) is 24.8 Å². The molecule has 108 valence electrons. The van der Waals surface area contributed by atoms with Crippen molar-refractivity contribution in [1.29, 1.82) is 0 Å². The third-order valence-corrected chi connectivity index (χ3v) is 4.42. The van der Waals surface area contributed by atoms with Crippen molar-refractivity contribution in [3.05, 3.63) is 29.8 Å². The Balaban J connectivity index is 1.64. The first-order valence-corrected chi connectivity index (χ1v) is 7.52. The quantitative estimate of drug-likeness (QED) is 0.891. The zero-order valence-electron chi connectivity index (χ0n) is 11.8. The molecule has 4 heteroatoms. The molecular formula is C16H22N2O2. The molecule has 1 aromatic rings. The normalized spacial score (nSPS) is 23.4. The Hall–Kier alpha value is -1.55. The number of aromatic hydroxyl groups is 1. The summed E-state index contributed by atoms with van der Waals surface area (Å²) in [5, 5.41) is 9.47. The number of fused-ring (bicyclic) bond motifs is 1. The van der Waals surface area contributed by atoms with E-state index in [9.17, 15) is 9.90 Å². The number of carbonyl (C=O) groups excluding carboxylic acids is 1. The number of carbonyl (C=O) groups is 1. The molecule has 2 saturated heterocycles. The topological polar surface area (TPSA) is 43.8 Å². The fourth-order valence-corrected chi connectivity index (χ4v) is 3.39. The Kier molecular flexibility index (Phi) is 3.92. The van der Waals surface area contributed by atoms with Crippen LogP contribution in [0.3, 0.4) is 0 Å². The molecule has 20 heavy (non-hydrogen) atoms. The standard InChI is InChI=1S/C16H22N2O2/c19-15-6-1-4-13(10-15)11-16(20)18-9-3-8-17-7-2-5-14(17)12-18/h1,4,6,10,14,19H,2-3,5,7-9,11-12H2. The summed E-state index contributed by atoms with van der Waals surface area (Å²) >= 11 is 0. The Bertz CT molecular complexity index is 489. The molecule has 2 heterocycles. The van der Waals surface area contributed by atoms with Gasteiger partial charge in [0.15, 0.2) is 0 Å². The average Bonchev–Trinajstić information content (AvgIpc) is 2.76. The molecule has 2 aliphatic rings. The number of phenols is 1. The van der Waals surface area contributed by atoms with Crippen LogP contribution in [0.2, 0.25) is 0 Å². The second kappa shape index (κ2) is 5.83. The van der Waals surface area contributed by atoms with Gasteiger partial charge in [-0.1, -0.05) is 12.1 Å². The summed E-state index contributed by atoms with van der Waals surface area (Å²) in [6, 6.07) is 7.57. The maximum atomic E-state index is 12.4. The number of benzene rings is 1. The van der Waals surface area contributed by atoms with Crippen LogP contribution in [0.4, 0.5) is 0 Å². The van der Waals surface area contributed by atoms with Crippen LogP contribution in [-0.2, 0) is 11.2 Å². The predicted octanol–water partition coefficient (Wildman–Crippen LogP) is 1.63. The highest BCUT2D eigenvalue weighted by Crippen LogP contribution is 2.22. The Morgan fingerprint density at radius 3 is 2.95 bits per heavy atom. The van der Waals surface area contributed by atoms with E-state index in [2.05, 4.69) is 4.90 Å². The van der Waals surface area contributed by atoms with Crippen LogP contribution in [0.5, 0.6) is 5.75 Å². The number of phenolic OH excluding ortho intramolecular Hbond substituents is 1. The second-order valence-corrected chi connectivity index (χ2v) is 5.87. The van der Waals surface area contributed by atoms with Gasteiger partial charge in [-0.15, -0.1) is 0 Å². The van der Waals surface area contributed by atoms with Crippen molar-refractivity contribution in [1.82, 2.24) is 9.80 Å². The first kappa shape index (κ1) is 13.4. The van der Waals surface area contributed by atoms with E-state index in [-0.39, 0.29) is 11.7 Å². The van der Waals surface area contributed by atoms with E-state index in [1.807, 2.05) is 11.0 Å². The van der Waals surface area contributed by atoms with Crippen LogP contribution in [0, 0.1) is 0 Å². The van der Waals surface area contributed by atoms with Gasteiger partial charge in [0.2, 0.25) is 5.91 Å². The maximum Gasteiger partial charge on any atom is 0.227 e. The van der Waals surface area contributed by atoms with Crippen molar-refractivity contribution in [2.75, 3.05) is 26.2 Å². The first-order chi connectivity index (χ1) is 9.72. The maximum absolute atomic E-state index is 12.4. The van der Waals surface area contributed by atoms with Crippen LogP contribution in [0.25, 0.3) is 0 Å². The van der Waals surface area contributed by atoms with Gasteiger partial charge in [0.05, 0.1) is 6.42 Å². The summed E-state index contributed by atoms with van der Waals surface area (Å²) < 4.78 is 0. The highest BCUT2D eigenvalue weighted by molar-refractivity contribution is 5.79. The van der Waals surface area contributed by atoms with Gasteiger partial charge >= 0.3 is 0 Å². The number of nitrogens with zero attached hydrogens (tertiary/aromatic N) is 2. The van der Waals surface area contributed by atoms with Crippen molar-refractivity contribution < 1.29 is 9.90 Å². The Morgan fingerprint density at radius 1 is 1.25 bits per heavy atom. The lowest BCUT2D eigenvalue weighted by atomic mass is 10.1. The predicted molar refractivity (Wildman–Crippen MR) is 77.6 cm³/mol. The third kappa shape index (κ3) is 2.96. The first-order valence-electron chi connectivity index (χ1n) is 7.52. The van der Waals surface area contributed by atoms with Crippen molar-refractivity contribution >= 4 is 5.91 Å². The number of rotatable bonds is 2. The molecular weight excluding hydrogens is 252 g/mol. The molecule has 0 bridgehead atoms. The summed E-state index contributed by atoms with van der Waals surface area (Å²) in [5.74, 6) is 0.414. The summed E-state index contributed by atoms with van der Waals surface area (Å²) in [5.41, 5.74) is 0.891. The molecule has 0 aliphatic carbocycles. The van der Waals surface area contributed by atoms with Gasteiger partial charge in [0.25, 0.3) is 0 Å². The van der Waals surface area contributed by atoms with E-state index in [1.165, 1.54) is 19.4 Å². The molecule has 1 atom stereocenters. The smallest absolute Gasteiger partial charge is 0.227 e. The van der Waals surface area contributed by atoms with E-state index in [0.29, 0.717) is 12.5 Å². The van der Waals surface area contributed by atoms with Crippen LogP contribution in [0.15, 0.2) is 24.3 Å². The average molecular weight is 274 g/mol. The van der Waals surface area contributed by atoms with E-state index in [1.54, 1.807) is 18.2 Å².